The highest BCUT2D eigenvalue weighted by Crippen LogP contribution is 2.23. The van der Waals surface area contributed by atoms with Crippen LogP contribution in [-0.4, -0.2) is 24.1 Å². The largest absolute Gasteiger partial charge is 0.327 e. The molecule has 6 nitrogen and oxygen atoms in total. The lowest BCUT2D eigenvalue weighted by molar-refractivity contribution is 0.891. The number of aryl methyl sites for hydroxylation is 1. The molecule has 20 heavy (non-hydrogen) atoms. The fourth-order valence-corrected chi connectivity index (χ4v) is 2.39. The molecule has 0 radical (unpaired) electrons. The number of rotatable bonds is 1. The van der Waals surface area contributed by atoms with Crippen LogP contribution in [-0.2, 0) is 7.05 Å². The fraction of sp³-hybridized carbons (Fsp3) is 0.0714. The standard InChI is InChI=1S/C14H11N5O/c1-18-12-6-5-10(16-13(12)17-14(18)20)9-8-15-19-7-3-2-4-11(9)19/h2-8H,1H3,(H,16,17,20). The first kappa shape index (κ1) is 11.0. The lowest BCUT2D eigenvalue weighted by Gasteiger charge is -1.99. The quantitative estimate of drug-likeness (QED) is 0.568. The first-order valence-corrected chi connectivity index (χ1v) is 6.22. The monoisotopic (exact) mass is 265 g/mol. The van der Waals surface area contributed by atoms with E-state index in [1.54, 1.807) is 22.3 Å². The van der Waals surface area contributed by atoms with E-state index in [1.807, 2.05) is 36.5 Å². The fourth-order valence-electron chi connectivity index (χ4n) is 2.39. The third-order valence-corrected chi connectivity index (χ3v) is 3.47. The van der Waals surface area contributed by atoms with Gasteiger partial charge in [0, 0.05) is 18.8 Å². The van der Waals surface area contributed by atoms with Gasteiger partial charge in [-0.05, 0) is 24.3 Å². The van der Waals surface area contributed by atoms with Crippen molar-refractivity contribution in [3.05, 3.63) is 53.2 Å². The number of imidazole rings is 1. The molecule has 6 heteroatoms. The van der Waals surface area contributed by atoms with Gasteiger partial charge in [0.2, 0.25) is 0 Å². The van der Waals surface area contributed by atoms with Crippen LogP contribution in [0.25, 0.3) is 27.9 Å². The third kappa shape index (κ3) is 1.41. The first-order valence-electron chi connectivity index (χ1n) is 6.22. The zero-order chi connectivity index (χ0) is 13.7. The molecule has 0 atom stereocenters. The van der Waals surface area contributed by atoms with Crippen LogP contribution >= 0.6 is 0 Å². The van der Waals surface area contributed by atoms with Gasteiger partial charge in [-0.1, -0.05) is 6.07 Å². The lowest BCUT2D eigenvalue weighted by atomic mass is 10.2. The molecule has 0 saturated heterocycles. The second-order valence-electron chi connectivity index (χ2n) is 4.64. The molecule has 0 aliphatic rings. The summed E-state index contributed by atoms with van der Waals surface area (Å²) in [5.74, 6) is 0. The van der Waals surface area contributed by atoms with Gasteiger partial charge < -0.3 is 0 Å². The molecular formula is C14H11N5O. The van der Waals surface area contributed by atoms with E-state index < -0.39 is 0 Å². The molecular weight excluding hydrogens is 254 g/mol. The van der Waals surface area contributed by atoms with Gasteiger partial charge in [0.1, 0.15) is 0 Å². The van der Waals surface area contributed by atoms with Crippen molar-refractivity contribution in [3.63, 3.8) is 0 Å². The molecule has 0 aliphatic carbocycles. The Labute approximate surface area is 113 Å². The van der Waals surface area contributed by atoms with Crippen molar-refractivity contribution >= 4 is 16.7 Å². The Balaban J connectivity index is 2.00. The first-order chi connectivity index (χ1) is 9.74. The van der Waals surface area contributed by atoms with Crippen LogP contribution in [0.5, 0.6) is 0 Å². The molecule has 0 aliphatic heterocycles. The van der Waals surface area contributed by atoms with Crippen molar-refractivity contribution in [1.82, 2.24) is 24.1 Å². The second kappa shape index (κ2) is 3.80. The van der Waals surface area contributed by atoms with Gasteiger partial charge >= 0.3 is 5.69 Å². The average molecular weight is 265 g/mol. The summed E-state index contributed by atoms with van der Waals surface area (Å²) >= 11 is 0. The molecule has 0 spiro atoms. The van der Waals surface area contributed by atoms with E-state index in [0.29, 0.717) is 5.65 Å². The molecule has 98 valence electrons. The predicted octanol–water partition coefficient (Wildman–Crippen LogP) is 1.58. The number of pyridine rings is 2. The Morgan fingerprint density at radius 3 is 2.95 bits per heavy atom. The SMILES string of the molecule is Cn1c(=O)[nH]c2nc(-c3cnn4ccccc34)ccc21. The van der Waals surface area contributed by atoms with Gasteiger partial charge in [-0.2, -0.15) is 5.10 Å². The van der Waals surface area contributed by atoms with E-state index in [9.17, 15) is 4.79 Å². The topological polar surface area (TPSA) is 68.0 Å². The Morgan fingerprint density at radius 1 is 1.15 bits per heavy atom. The smallest absolute Gasteiger partial charge is 0.294 e. The van der Waals surface area contributed by atoms with E-state index in [1.165, 1.54) is 0 Å². The van der Waals surface area contributed by atoms with Gasteiger partial charge in [0.05, 0.1) is 22.9 Å². The van der Waals surface area contributed by atoms with E-state index in [-0.39, 0.29) is 5.69 Å². The minimum atomic E-state index is -0.162. The number of nitrogens with one attached hydrogen (secondary N) is 1. The van der Waals surface area contributed by atoms with Crippen LogP contribution in [0, 0.1) is 0 Å². The van der Waals surface area contributed by atoms with Crippen LogP contribution in [0.15, 0.2) is 47.5 Å². The van der Waals surface area contributed by atoms with Crippen molar-refractivity contribution in [2.75, 3.05) is 0 Å². The summed E-state index contributed by atoms with van der Waals surface area (Å²) in [5, 5.41) is 4.30. The Morgan fingerprint density at radius 2 is 2.05 bits per heavy atom. The zero-order valence-corrected chi connectivity index (χ0v) is 10.7. The summed E-state index contributed by atoms with van der Waals surface area (Å²) in [5.41, 5.74) is 3.93. The highest BCUT2D eigenvalue weighted by molar-refractivity contribution is 5.82. The van der Waals surface area contributed by atoms with E-state index in [0.717, 1.165) is 22.3 Å². The Bertz CT molecular complexity index is 992. The summed E-state index contributed by atoms with van der Waals surface area (Å²) in [7, 11) is 1.72. The van der Waals surface area contributed by atoms with Crippen molar-refractivity contribution in [2.24, 2.45) is 7.05 Å². The van der Waals surface area contributed by atoms with E-state index >= 15 is 0 Å². The number of aromatic nitrogens is 5. The van der Waals surface area contributed by atoms with Gasteiger partial charge in [-0.15, -0.1) is 0 Å². The molecule has 1 N–H and O–H groups in total. The summed E-state index contributed by atoms with van der Waals surface area (Å²) < 4.78 is 3.34. The highest BCUT2D eigenvalue weighted by Gasteiger charge is 2.10. The minimum absolute atomic E-state index is 0.162. The average Bonchev–Trinajstić information content (AvgIpc) is 3.01. The van der Waals surface area contributed by atoms with Crippen molar-refractivity contribution < 1.29 is 0 Å². The molecule has 4 heterocycles. The number of aromatic amines is 1. The molecule has 4 aromatic heterocycles. The highest BCUT2D eigenvalue weighted by atomic mass is 16.1. The molecule has 0 fully saturated rings. The molecule has 4 rings (SSSR count). The normalized spacial score (nSPS) is 11.4. The number of fused-ring (bicyclic) bond motifs is 2. The summed E-state index contributed by atoms with van der Waals surface area (Å²) in [6, 6.07) is 9.67. The molecule has 0 aromatic carbocycles. The van der Waals surface area contributed by atoms with Crippen LogP contribution in [0.3, 0.4) is 0 Å². The summed E-state index contributed by atoms with van der Waals surface area (Å²) in [6.07, 6.45) is 3.67. The molecule has 0 saturated carbocycles. The minimum Gasteiger partial charge on any atom is -0.294 e. The number of H-pyrrole nitrogens is 1. The van der Waals surface area contributed by atoms with Gasteiger partial charge in [-0.3, -0.25) is 9.55 Å². The zero-order valence-electron chi connectivity index (χ0n) is 10.7. The van der Waals surface area contributed by atoms with E-state index in [2.05, 4.69) is 15.1 Å². The molecule has 0 amide bonds. The van der Waals surface area contributed by atoms with Crippen molar-refractivity contribution in [1.29, 1.82) is 0 Å². The van der Waals surface area contributed by atoms with Gasteiger partial charge in [0.25, 0.3) is 0 Å². The maximum absolute atomic E-state index is 11.6. The second-order valence-corrected chi connectivity index (χ2v) is 4.64. The van der Waals surface area contributed by atoms with Crippen molar-refractivity contribution in [3.8, 4) is 11.3 Å². The van der Waals surface area contributed by atoms with Gasteiger partial charge in [0.15, 0.2) is 5.65 Å². The number of nitrogens with zero attached hydrogens (tertiary/aromatic N) is 4. The predicted molar refractivity (Wildman–Crippen MR) is 75.5 cm³/mol. The number of hydrogen-bond donors (Lipinski definition) is 1. The molecule has 0 bridgehead atoms. The van der Waals surface area contributed by atoms with Crippen LogP contribution in [0.4, 0.5) is 0 Å². The van der Waals surface area contributed by atoms with Crippen LogP contribution in [0.2, 0.25) is 0 Å². The maximum Gasteiger partial charge on any atom is 0.327 e. The van der Waals surface area contributed by atoms with Gasteiger partial charge in [-0.25, -0.2) is 14.3 Å². The summed E-state index contributed by atoms with van der Waals surface area (Å²) in [4.78, 5) is 18.9. The Hall–Kier alpha value is -2.89. The van der Waals surface area contributed by atoms with E-state index in [4.69, 9.17) is 0 Å². The summed E-state index contributed by atoms with van der Waals surface area (Å²) in [6.45, 7) is 0. The van der Waals surface area contributed by atoms with Crippen molar-refractivity contribution in [2.45, 2.75) is 0 Å². The molecule has 0 unspecified atom stereocenters. The van der Waals surface area contributed by atoms with Crippen LogP contribution < -0.4 is 5.69 Å². The lowest BCUT2D eigenvalue weighted by Crippen LogP contribution is -2.11. The third-order valence-electron chi connectivity index (χ3n) is 3.47. The molecule has 4 aromatic rings. The Kier molecular flexibility index (Phi) is 2.09. The van der Waals surface area contributed by atoms with Crippen LogP contribution in [0.1, 0.15) is 0 Å². The maximum atomic E-state index is 11.6. The number of hydrogen-bond acceptors (Lipinski definition) is 3.